The summed E-state index contributed by atoms with van der Waals surface area (Å²) in [6.07, 6.45) is 3.20. The average molecular weight is 302 g/mol. The summed E-state index contributed by atoms with van der Waals surface area (Å²) in [4.78, 5) is 8.31. The van der Waals surface area contributed by atoms with Crippen molar-refractivity contribution >= 4 is 34.8 Å². The number of rotatable bonds is 3. The van der Waals surface area contributed by atoms with Crippen LogP contribution in [0.3, 0.4) is 0 Å². The molecule has 0 spiro atoms. The van der Waals surface area contributed by atoms with Gasteiger partial charge in [-0.1, -0.05) is 48.1 Å². The van der Waals surface area contributed by atoms with Crippen molar-refractivity contribution < 1.29 is 0 Å². The fraction of sp³-hybridized carbons (Fsp3) is 0.231. The van der Waals surface area contributed by atoms with Gasteiger partial charge in [0.25, 0.3) is 0 Å². The van der Waals surface area contributed by atoms with Gasteiger partial charge in [-0.3, -0.25) is 0 Å². The van der Waals surface area contributed by atoms with Crippen molar-refractivity contribution in [1.29, 1.82) is 0 Å². The molecule has 1 heterocycles. The molecule has 0 radical (unpaired) electrons. The average Bonchev–Trinajstić information content (AvgIpc) is 2.35. The van der Waals surface area contributed by atoms with Crippen molar-refractivity contribution in [3.63, 3.8) is 0 Å². The lowest BCUT2D eigenvalue weighted by molar-refractivity contribution is 0.904. The summed E-state index contributed by atoms with van der Waals surface area (Å²) in [5.74, 6) is 0. The van der Waals surface area contributed by atoms with Crippen molar-refractivity contribution in [3.05, 3.63) is 45.3 Å². The van der Waals surface area contributed by atoms with Crippen molar-refractivity contribution in [2.24, 2.45) is 0 Å². The molecule has 0 saturated carbocycles. The molecule has 0 atom stereocenters. The number of aromatic nitrogens is 2. The molecule has 0 N–H and O–H groups in total. The number of hydrogen-bond acceptors (Lipinski definition) is 2. The first-order valence-corrected chi connectivity index (χ1v) is 6.71. The molecule has 0 aliphatic rings. The van der Waals surface area contributed by atoms with Crippen LogP contribution in [0.4, 0.5) is 0 Å². The van der Waals surface area contributed by atoms with Gasteiger partial charge in [0.05, 0.1) is 10.7 Å². The summed E-state index contributed by atoms with van der Waals surface area (Å²) < 4.78 is 0. The van der Waals surface area contributed by atoms with E-state index in [2.05, 4.69) is 16.9 Å². The third-order valence-corrected chi connectivity index (χ3v) is 3.47. The Hall–Kier alpha value is -0.830. The van der Waals surface area contributed by atoms with Crippen molar-refractivity contribution in [1.82, 2.24) is 9.97 Å². The Labute approximate surface area is 121 Å². The molecule has 2 nitrogen and oxygen atoms in total. The van der Waals surface area contributed by atoms with Gasteiger partial charge < -0.3 is 0 Å². The van der Waals surface area contributed by atoms with Gasteiger partial charge in [0.1, 0.15) is 11.5 Å². The predicted octanol–water partition coefficient (Wildman–Crippen LogP) is 5.06. The molecule has 2 rings (SSSR count). The van der Waals surface area contributed by atoms with Gasteiger partial charge in [0.2, 0.25) is 0 Å². The standard InChI is InChI=1S/C13H11Cl3N2/c1-2-3-9-12(17-7-18-13(9)16)10-6-8(14)4-5-11(10)15/h4-7H,2-3H2,1H3. The van der Waals surface area contributed by atoms with E-state index in [1.807, 2.05) is 0 Å². The molecule has 0 bridgehead atoms. The van der Waals surface area contributed by atoms with Crippen LogP contribution in [0.15, 0.2) is 24.5 Å². The van der Waals surface area contributed by atoms with Gasteiger partial charge in [-0.2, -0.15) is 0 Å². The number of benzene rings is 1. The van der Waals surface area contributed by atoms with E-state index in [-0.39, 0.29) is 0 Å². The Morgan fingerprint density at radius 3 is 2.61 bits per heavy atom. The van der Waals surface area contributed by atoms with Gasteiger partial charge >= 0.3 is 0 Å². The zero-order valence-corrected chi connectivity index (χ0v) is 12.0. The molecular formula is C13H11Cl3N2. The van der Waals surface area contributed by atoms with Crippen molar-refractivity contribution in [2.45, 2.75) is 19.8 Å². The van der Waals surface area contributed by atoms with Crippen LogP contribution in [-0.2, 0) is 6.42 Å². The highest BCUT2D eigenvalue weighted by atomic mass is 35.5. The van der Waals surface area contributed by atoms with Crippen LogP contribution in [0.1, 0.15) is 18.9 Å². The minimum atomic E-state index is 0.470. The Morgan fingerprint density at radius 2 is 1.89 bits per heavy atom. The zero-order chi connectivity index (χ0) is 13.1. The minimum Gasteiger partial charge on any atom is -0.236 e. The van der Waals surface area contributed by atoms with Crippen LogP contribution in [0.5, 0.6) is 0 Å². The zero-order valence-electron chi connectivity index (χ0n) is 9.75. The smallest absolute Gasteiger partial charge is 0.136 e. The maximum Gasteiger partial charge on any atom is 0.136 e. The lowest BCUT2D eigenvalue weighted by Gasteiger charge is -2.10. The second-order valence-electron chi connectivity index (χ2n) is 3.87. The lowest BCUT2D eigenvalue weighted by Crippen LogP contribution is -1.97. The third-order valence-electron chi connectivity index (χ3n) is 2.58. The molecule has 0 saturated heterocycles. The Bertz CT molecular complexity index is 570. The molecule has 2 aromatic rings. The van der Waals surface area contributed by atoms with Gasteiger partial charge in [0.15, 0.2) is 0 Å². The van der Waals surface area contributed by atoms with Crippen molar-refractivity contribution in [3.8, 4) is 11.3 Å². The summed E-state index contributed by atoms with van der Waals surface area (Å²) >= 11 is 18.3. The highest BCUT2D eigenvalue weighted by Gasteiger charge is 2.14. The molecule has 0 amide bonds. The van der Waals surface area contributed by atoms with E-state index in [0.717, 1.165) is 29.7 Å². The van der Waals surface area contributed by atoms with E-state index in [4.69, 9.17) is 34.8 Å². The van der Waals surface area contributed by atoms with Crippen molar-refractivity contribution in [2.75, 3.05) is 0 Å². The van der Waals surface area contributed by atoms with Crippen LogP contribution in [0, 0.1) is 0 Å². The van der Waals surface area contributed by atoms with E-state index in [9.17, 15) is 0 Å². The van der Waals surface area contributed by atoms with Crippen LogP contribution in [-0.4, -0.2) is 9.97 Å². The van der Waals surface area contributed by atoms with Gasteiger partial charge in [-0.05, 0) is 24.6 Å². The van der Waals surface area contributed by atoms with E-state index in [0.29, 0.717) is 15.2 Å². The fourth-order valence-electron chi connectivity index (χ4n) is 1.77. The highest BCUT2D eigenvalue weighted by molar-refractivity contribution is 6.35. The van der Waals surface area contributed by atoms with Gasteiger partial charge in [-0.15, -0.1) is 0 Å². The molecule has 0 fully saturated rings. The first-order valence-electron chi connectivity index (χ1n) is 5.58. The molecule has 0 aliphatic carbocycles. The topological polar surface area (TPSA) is 25.8 Å². The highest BCUT2D eigenvalue weighted by Crippen LogP contribution is 2.33. The van der Waals surface area contributed by atoms with Crippen LogP contribution in [0.2, 0.25) is 15.2 Å². The summed E-state index contributed by atoms with van der Waals surface area (Å²) in [7, 11) is 0. The van der Waals surface area contributed by atoms with Crippen LogP contribution < -0.4 is 0 Å². The Morgan fingerprint density at radius 1 is 1.11 bits per heavy atom. The molecule has 1 aromatic carbocycles. The maximum absolute atomic E-state index is 6.19. The second kappa shape index (κ2) is 5.87. The SMILES string of the molecule is CCCc1c(Cl)ncnc1-c1cc(Cl)ccc1Cl. The summed E-state index contributed by atoms with van der Waals surface area (Å²) in [6, 6.07) is 5.29. The Balaban J connectivity index is 2.63. The number of halogens is 3. The van der Waals surface area contributed by atoms with E-state index in [1.165, 1.54) is 6.33 Å². The summed E-state index contributed by atoms with van der Waals surface area (Å²) in [5, 5.41) is 1.69. The minimum absolute atomic E-state index is 0.470. The summed E-state index contributed by atoms with van der Waals surface area (Å²) in [6.45, 7) is 2.08. The molecular weight excluding hydrogens is 291 g/mol. The lowest BCUT2D eigenvalue weighted by atomic mass is 10.0. The number of hydrogen-bond donors (Lipinski definition) is 0. The summed E-state index contributed by atoms with van der Waals surface area (Å²) in [5.41, 5.74) is 2.45. The van der Waals surface area contributed by atoms with Crippen LogP contribution in [0.25, 0.3) is 11.3 Å². The monoisotopic (exact) mass is 300 g/mol. The quantitative estimate of drug-likeness (QED) is 0.741. The molecule has 0 unspecified atom stereocenters. The molecule has 0 aliphatic heterocycles. The second-order valence-corrected chi connectivity index (χ2v) is 5.07. The molecule has 94 valence electrons. The molecule has 18 heavy (non-hydrogen) atoms. The first-order chi connectivity index (χ1) is 8.63. The predicted molar refractivity (Wildman–Crippen MR) is 76.5 cm³/mol. The third kappa shape index (κ3) is 2.77. The van der Waals surface area contributed by atoms with E-state index in [1.54, 1.807) is 18.2 Å². The first kappa shape index (κ1) is 13.6. The largest absolute Gasteiger partial charge is 0.236 e. The fourth-order valence-corrected chi connectivity index (χ4v) is 2.38. The Kier molecular flexibility index (Phi) is 4.44. The molecule has 1 aromatic heterocycles. The van der Waals surface area contributed by atoms with E-state index < -0.39 is 0 Å². The maximum atomic E-state index is 6.19. The number of nitrogens with zero attached hydrogens (tertiary/aromatic N) is 2. The van der Waals surface area contributed by atoms with E-state index >= 15 is 0 Å². The van der Waals surface area contributed by atoms with Gasteiger partial charge in [0, 0.05) is 16.1 Å². The normalized spacial score (nSPS) is 10.7. The van der Waals surface area contributed by atoms with Crippen LogP contribution >= 0.6 is 34.8 Å². The van der Waals surface area contributed by atoms with Gasteiger partial charge in [-0.25, -0.2) is 9.97 Å². The molecule has 5 heteroatoms.